The van der Waals surface area contributed by atoms with Gasteiger partial charge in [0.2, 0.25) is 0 Å². The third-order valence-corrected chi connectivity index (χ3v) is 3.03. The highest BCUT2D eigenvalue weighted by atomic mass is 14.7. The Bertz CT molecular complexity index is 629. The summed E-state index contributed by atoms with van der Waals surface area (Å²) in [6.45, 7) is 2.11. The lowest BCUT2D eigenvalue weighted by Gasteiger charge is -2.05. The zero-order valence-corrected chi connectivity index (χ0v) is 9.20. The average molecular weight is 207 g/mol. The normalized spacial score (nSPS) is 10.8. The molecule has 0 spiro atoms. The largest absolute Gasteiger partial charge is 0.365 e. The van der Waals surface area contributed by atoms with Crippen molar-refractivity contribution < 1.29 is 0 Å². The first-order chi connectivity index (χ1) is 7.86. The number of rotatable bonds is 1. The maximum atomic E-state index is 3.23. The topological polar surface area (TPSA) is 15.8 Å². The second kappa shape index (κ2) is 3.53. The molecule has 3 aromatic rings. The fraction of sp³-hybridized carbons (Fsp3) is 0.0667. The van der Waals surface area contributed by atoms with Crippen molar-refractivity contribution in [2.75, 3.05) is 0 Å². The number of aromatic nitrogens is 1. The SMILES string of the molecule is Cc1[nH]ccc1-c1cccc2ccccc12. The first kappa shape index (κ1) is 9.22. The molecule has 0 aliphatic rings. The van der Waals surface area contributed by atoms with Crippen LogP contribution >= 0.6 is 0 Å². The number of benzene rings is 2. The van der Waals surface area contributed by atoms with Gasteiger partial charge in [-0.15, -0.1) is 0 Å². The molecule has 0 aliphatic heterocycles. The van der Waals surface area contributed by atoms with Gasteiger partial charge >= 0.3 is 0 Å². The molecule has 1 N–H and O–H groups in total. The maximum absolute atomic E-state index is 3.23. The lowest BCUT2D eigenvalue weighted by atomic mass is 9.99. The van der Waals surface area contributed by atoms with Crippen LogP contribution in [0.1, 0.15) is 5.69 Å². The summed E-state index contributed by atoms with van der Waals surface area (Å²) in [4.78, 5) is 3.23. The molecular weight excluding hydrogens is 194 g/mol. The van der Waals surface area contributed by atoms with E-state index in [1.807, 2.05) is 6.20 Å². The molecule has 0 unspecified atom stereocenters. The Morgan fingerprint density at radius 1 is 0.812 bits per heavy atom. The Kier molecular flexibility index (Phi) is 2.03. The fourth-order valence-corrected chi connectivity index (χ4v) is 2.20. The molecule has 0 fully saturated rings. The minimum Gasteiger partial charge on any atom is -0.365 e. The minimum absolute atomic E-state index is 1.22. The summed E-state index contributed by atoms with van der Waals surface area (Å²) in [7, 11) is 0. The summed E-state index contributed by atoms with van der Waals surface area (Å²) in [5.41, 5.74) is 3.81. The van der Waals surface area contributed by atoms with Gasteiger partial charge in [0.1, 0.15) is 0 Å². The standard InChI is InChI=1S/C15H13N/c1-11-13(9-10-16-11)15-8-4-6-12-5-2-3-7-14(12)15/h2-10,16H,1H3. The predicted octanol–water partition coefficient (Wildman–Crippen LogP) is 4.14. The number of hydrogen-bond donors (Lipinski definition) is 1. The number of aryl methyl sites for hydroxylation is 1. The van der Waals surface area contributed by atoms with E-state index < -0.39 is 0 Å². The Balaban J connectivity index is 2.36. The van der Waals surface area contributed by atoms with E-state index in [1.165, 1.54) is 27.6 Å². The van der Waals surface area contributed by atoms with Crippen molar-refractivity contribution in [3.05, 3.63) is 60.4 Å². The molecule has 1 heteroatoms. The molecule has 3 rings (SSSR count). The Hall–Kier alpha value is -2.02. The highest BCUT2D eigenvalue weighted by Gasteiger charge is 2.05. The van der Waals surface area contributed by atoms with Gasteiger partial charge in [0, 0.05) is 17.5 Å². The van der Waals surface area contributed by atoms with Gasteiger partial charge in [0.25, 0.3) is 0 Å². The van der Waals surface area contributed by atoms with Crippen LogP contribution in [0.3, 0.4) is 0 Å². The molecule has 2 aromatic carbocycles. The molecule has 16 heavy (non-hydrogen) atoms. The molecule has 0 atom stereocenters. The van der Waals surface area contributed by atoms with Gasteiger partial charge in [0.15, 0.2) is 0 Å². The smallest absolute Gasteiger partial charge is 0.0195 e. The number of H-pyrrole nitrogens is 1. The van der Waals surface area contributed by atoms with Gasteiger partial charge < -0.3 is 4.98 Å². The summed E-state index contributed by atoms with van der Waals surface area (Å²) < 4.78 is 0. The zero-order chi connectivity index (χ0) is 11.0. The van der Waals surface area contributed by atoms with Crippen molar-refractivity contribution in [1.29, 1.82) is 0 Å². The van der Waals surface area contributed by atoms with E-state index in [-0.39, 0.29) is 0 Å². The highest BCUT2D eigenvalue weighted by Crippen LogP contribution is 2.30. The first-order valence-electron chi connectivity index (χ1n) is 5.48. The zero-order valence-electron chi connectivity index (χ0n) is 9.20. The summed E-state index contributed by atoms with van der Waals surface area (Å²) in [5, 5.41) is 2.60. The van der Waals surface area contributed by atoms with Crippen LogP contribution in [0.5, 0.6) is 0 Å². The van der Waals surface area contributed by atoms with Crippen LogP contribution in [-0.4, -0.2) is 4.98 Å². The van der Waals surface area contributed by atoms with Gasteiger partial charge in [-0.2, -0.15) is 0 Å². The Morgan fingerprint density at radius 3 is 2.44 bits per heavy atom. The van der Waals surface area contributed by atoms with Crippen LogP contribution in [0, 0.1) is 6.92 Å². The molecule has 0 amide bonds. The Labute approximate surface area is 94.7 Å². The van der Waals surface area contributed by atoms with Gasteiger partial charge in [0.05, 0.1) is 0 Å². The third kappa shape index (κ3) is 1.33. The van der Waals surface area contributed by atoms with E-state index in [0.717, 1.165) is 0 Å². The van der Waals surface area contributed by atoms with Crippen molar-refractivity contribution in [3.8, 4) is 11.1 Å². The number of fused-ring (bicyclic) bond motifs is 1. The van der Waals surface area contributed by atoms with Crippen molar-refractivity contribution in [3.63, 3.8) is 0 Å². The number of hydrogen-bond acceptors (Lipinski definition) is 0. The molecule has 1 aromatic heterocycles. The van der Waals surface area contributed by atoms with Crippen LogP contribution in [0.25, 0.3) is 21.9 Å². The molecule has 0 saturated heterocycles. The fourth-order valence-electron chi connectivity index (χ4n) is 2.20. The van der Waals surface area contributed by atoms with Crippen molar-refractivity contribution in [1.82, 2.24) is 4.98 Å². The molecular formula is C15H13N. The van der Waals surface area contributed by atoms with E-state index in [4.69, 9.17) is 0 Å². The van der Waals surface area contributed by atoms with E-state index in [1.54, 1.807) is 0 Å². The highest BCUT2D eigenvalue weighted by molar-refractivity contribution is 5.97. The first-order valence-corrected chi connectivity index (χ1v) is 5.48. The molecule has 78 valence electrons. The van der Waals surface area contributed by atoms with Gasteiger partial charge in [-0.05, 0) is 29.3 Å². The number of nitrogens with one attached hydrogen (secondary N) is 1. The van der Waals surface area contributed by atoms with E-state index >= 15 is 0 Å². The second-order valence-corrected chi connectivity index (χ2v) is 4.04. The molecule has 0 radical (unpaired) electrons. The Morgan fingerprint density at radius 2 is 1.62 bits per heavy atom. The van der Waals surface area contributed by atoms with E-state index in [0.29, 0.717) is 0 Å². The number of aromatic amines is 1. The minimum atomic E-state index is 1.22. The summed E-state index contributed by atoms with van der Waals surface area (Å²) in [6, 6.07) is 17.1. The van der Waals surface area contributed by atoms with Gasteiger partial charge in [-0.25, -0.2) is 0 Å². The van der Waals surface area contributed by atoms with E-state index in [2.05, 4.69) is 60.4 Å². The van der Waals surface area contributed by atoms with Crippen LogP contribution in [-0.2, 0) is 0 Å². The van der Waals surface area contributed by atoms with Crippen LogP contribution in [0.15, 0.2) is 54.7 Å². The van der Waals surface area contributed by atoms with Crippen molar-refractivity contribution in [2.45, 2.75) is 6.92 Å². The monoisotopic (exact) mass is 207 g/mol. The van der Waals surface area contributed by atoms with Crippen molar-refractivity contribution in [2.24, 2.45) is 0 Å². The second-order valence-electron chi connectivity index (χ2n) is 4.04. The lowest BCUT2D eigenvalue weighted by molar-refractivity contribution is 1.27. The molecule has 0 aliphatic carbocycles. The van der Waals surface area contributed by atoms with Gasteiger partial charge in [-0.3, -0.25) is 0 Å². The maximum Gasteiger partial charge on any atom is 0.0195 e. The van der Waals surface area contributed by atoms with Crippen LogP contribution in [0.4, 0.5) is 0 Å². The average Bonchev–Trinajstić information content (AvgIpc) is 2.75. The molecule has 1 heterocycles. The van der Waals surface area contributed by atoms with E-state index in [9.17, 15) is 0 Å². The predicted molar refractivity (Wildman–Crippen MR) is 68.5 cm³/mol. The lowest BCUT2D eigenvalue weighted by Crippen LogP contribution is -1.81. The summed E-state index contributed by atoms with van der Waals surface area (Å²) in [6.07, 6.45) is 1.99. The summed E-state index contributed by atoms with van der Waals surface area (Å²) >= 11 is 0. The summed E-state index contributed by atoms with van der Waals surface area (Å²) in [5.74, 6) is 0. The third-order valence-electron chi connectivity index (χ3n) is 3.03. The van der Waals surface area contributed by atoms with Crippen LogP contribution in [0.2, 0.25) is 0 Å². The van der Waals surface area contributed by atoms with Gasteiger partial charge in [-0.1, -0.05) is 42.5 Å². The van der Waals surface area contributed by atoms with Crippen LogP contribution < -0.4 is 0 Å². The molecule has 1 nitrogen and oxygen atoms in total. The molecule has 0 bridgehead atoms. The molecule has 0 saturated carbocycles. The quantitative estimate of drug-likeness (QED) is 0.617. The van der Waals surface area contributed by atoms with Crippen molar-refractivity contribution >= 4 is 10.8 Å².